The predicted molar refractivity (Wildman–Crippen MR) is 59.9 cm³/mol. The first-order chi connectivity index (χ1) is 6.26. The van der Waals surface area contributed by atoms with Crippen LogP contribution in [0.3, 0.4) is 0 Å². The van der Waals surface area contributed by atoms with Gasteiger partial charge in [0.1, 0.15) is 0 Å². The smallest absolute Gasteiger partial charge is 0.0992 e. The molecular formula is C10H10BrNS. The van der Waals surface area contributed by atoms with Gasteiger partial charge in [-0.2, -0.15) is 5.26 Å². The van der Waals surface area contributed by atoms with E-state index in [1.807, 2.05) is 18.2 Å². The number of nitrogens with zero attached hydrogens (tertiary/aromatic N) is 1. The van der Waals surface area contributed by atoms with E-state index < -0.39 is 0 Å². The molecule has 1 nitrogen and oxygen atoms in total. The van der Waals surface area contributed by atoms with Crippen molar-refractivity contribution in [2.24, 2.45) is 0 Å². The maximum Gasteiger partial charge on any atom is 0.0992 e. The molecule has 0 saturated carbocycles. The quantitative estimate of drug-likeness (QED) is 0.767. The molecule has 0 bridgehead atoms. The van der Waals surface area contributed by atoms with Crippen molar-refractivity contribution in [2.75, 3.05) is 5.75 Å². The Hall–Kier alpha value is -0.460. The maximum atomic E-state index is 8.73. The summed E-state index contributed by atoms with van der Waals surface area (Å²) in [5, 5.41) is 8.73. The number of benzene rings is 1. The second-order valence-electron chi connectivity index (χ2n) is 2.64. The highest BCUT2D eigenvalue weighted by Gasteiger charge is 1.98. The third kappa shape index (κ3) is 3.41. The van der Waals surface area contributed by atoms with E-state index in [1.165, 1.54) is 0 Å². The number of halogens is 1. The predicted octanol–water partition coefficient (Wildman–Crippen LogP) is 3.82. The van der Waals surface area contributed by atoms with Gasteiger partial charge in [-0.1, -0.05) is 22.9 Å². The molecule has 0 aliphatic carbocycles. The fourth-order valence-electron chi connectivity index (χ4n) is 0.931. The van der Waals surface area contributed by atoms with Gasteiger partial charge in [-0.15, -0.1) is 11.8 Å². The molecule has 13 heavy (non-hydrogen) atoms. The van der Waals surface area contributed by atoms with Crippen LogP contribution in [-0.2, 0) is 0 Å². The van der Waals surface area contributed by atoms with Gasteiger partial charge >= 0.3 is 0 Å². The third-order valence-corrected chi connectivity index (χ3v) is 3.11. The lowest BCUT2D eigenvalue weighted by molar-refractivity contribution is 1.10. The molecule has 0 spiro atoms. The molecule has 1 aromatic rings. The molecule has 0 N–H and O–H groups in total. The Morgan fingerprint density at radius 2 is 2.23 bits per heavy atom. The fourth-order valence-corrected chi connectivity index (χ4v) is 2.44. The van der Waals surface area contributed by atoms with Gasteiger partial charge in [-0.25, -0.2) is 0 Å². The zero-order valence-electron chi connectivity index (χ0n) is 7.38. The van der Waals surface area contributed by atoms with Crippen molar-refractivity contribution in [1.29, 1.82) is 5.26 Å². The van der Waals surface area contributed by atoms with E-state index in [0.717, 1.165) is 21.5 Å². The number of rotatable bonds is 3. The molecule has 0 aromatic heterocycles. The molecule has 0 radical (unpaired) electrons. The number of nitriles is 1. The lowest BCUT2D eigenvalue weighted by Gasteiger charge is -2.00. The van der Waals surface area contributed by atoms with Gasteiger partial charge in [0.05, 0.1) is 11.6 Å². The minimum absolute atomic E-state index is 0.716. The van der Waals surface area contributed by atoms with Gasteiger partial charge < -0.3 is 0 Å². The molecule has 0 atom stereocenters. The normalized spacial score (nSPS) is 9.62. The van der Waals surface area contributed by atoms with Crippen molar-refractivity contribution in [3.05, 3.63) is 28.2 Å². The summed E-state index contributed by atoms with van der Waals surface area (Å²) < 4.78 is 0.977. The lowest BCUT2D eigenvalue weighted by atomic mass is 10.2. The van der Waals surface area contributed by atoms with Crippen LogP contribution in [0.4, 0.5) is 0 Å². The van der Waals surface area contributed by atoms with Crippen molar-refractivity contribution in [1.82, 2.24) is 0 Å². The largest absolute Gasteiger partial charge is 0.192 e. The summed E-state index contributed by atoms with van der Waals surface area (Å²) in [6, 6.07) is 7.94. The number of hydrogen-bond acceptors (Lipinski definition) is 2. The van der Waals surface area contributed by atoms with Crippen molar-refractivity contribution < 1.29 is 0 Å². The van der Waals surface area contributed by atoms with Crippen LogP contribution in [0.5, 0.6) is 0 Å². The van der Waals surface area contributed by atoms with Gasteiger partial charge in [0.25, 0.3) is 0 Å². The van der Waals surface area contributed by atoms with Crippen molar-refractivity contribution in [2.45, 2.75) is 18.2 Å². The van der Waals surface area contributed by atoms with Gasteiger partial charge in [0.2, 0.25) is 0 Å². The molecule has 0 heterocycles. The molecule has 1 aromatic carbocycles. The average Bonchev–Trinajstić information content (AvgIpc) is 2.14. The summed E-state index contributed by atoms with van der Waals surface area (Å²) in [4.78, 5) is 1.16. The van der Waals surface area contributed by atoms with Crippen molar-refractivity contribution >= 4 is 27.7 Å². The molecule has 0 aliphatic heterocycles. The van der Waals surface area contributed by atoms with Crippen LogP contribution in [0.25, 0.3) is 0 Å². The minimum atomic E-state index is 0.716. The Balaban J connectivity index is 2.83. The van der Waals surface area contributed by atoms with Crippen LogP contribution in [0.15, 0.2) is 27.6 Å². The first-order valence-electron chi connectivity index (χ1n) is 4.09. The molecule has 0 fully saturated rings. The Labute approximate surface area is 91.3 Å². The summed E-state index contributed by atoms with van der Waals surface area (Å²) in [5.74, 6) is 1.10. The van der Waals surface area contributed by atoms with Gasteiger partial charge in [-0.05, 0) is 30.4 Å². The summed E-state index contributed by atoms with van der Waals surface area (Å²) in [6.07, 6.45) is 1.15. The Bertz CT molecular complexity index is 330. The molecular weight excluding hydrogens is 246 g/mol. The van der Waals surface area contributed by atoms with E-state index in [0.29, 0.717) is 5.56 Å². The van der Waals surface area contributed by atoms with E-state index in [4.69, 9.17) is 5.26 Å². The highest BCUT2D eigenvalue weighted by atomic mass is 79.9. The molecule has 0 unspecified atom stereocenters. The van der Waals surface area contributed by atoms with Crippen LogP contribution >= 0.6 is 27.7 Å². The van der Waals surface area contributed by atoms with Crippen molar-refractivity contribution in [3.8, 4) is 6.07 Å². The summed E-state index contributed by atoms with van der Waals surface area (Å²) in [6.45, 7) is 2.15. The third-order valence-electron chi connectivity index (χ3n) is 1.47. The number of thioether (sulfide) groups is 1. The van der Waals surface area contributed by atoms with E-state index >= 15 is 0 Å². The standard InChI is InChI=1S/C10H10BrNS/c1-2-3-13-10-5-8(7-12)4-9(11)6-10/h4-6H,2-3H2,1H3. The fraction of sp³-hybridized carbons (Fsp3) is 0.300. The van der Waals surface area contributed by atoms with Crippen LogP contribution in [0.2, 0.25) is 0 Å². The molecule has 0 saturated heterocycles. The Morgan fingerprint density at radius 1 is 1.46 bits per heavy atom. The summed E-state index contributed by atoms with van der Waals surface area (Å²) in [7, 11) is 0. The summed E-state index contributed by atoms with van der Waals surface area (Å²) >= 11 is 5.16. The monoisotopic (exact) mass is 255 g/mol. The van der Waals surface area contributed by atoms with E-state index in [9.17, 15) is 0 Å². The molecule has 0 aliphatic rings. The first-order valence-corrected chi connectivity index (χ1v) is 5.87. The molecule has 68 valence electrons. The molecule has 1 rings (SSSR count). The van der Waals surface area contributed by atoms with Gasteiger partial charge in [0, 0.05) is 9.37 Å². The van der Waals surface area contributed by atoms with Gasteiger partial charge in [0.15, 0.2) is 0 Å². The first kappa shape index (κ1) is 10.6. The van der Waals surface area contributed by atoms with E-state index in [2.05, 4.69) is 28.9 Å². The highest BCUT2D eigenvalue weighted by Crippen LogP contribution is 2.24. The Morgan fingerprint density at radius 3 is 2.85 bits per heavy atom. The second-order valence-corrected chi connectivity index (χ2v) is 4.72. The maximum absolute atomic E-state index is 8.73. The van der Waals surface area contributed by atoms with E-state index in [1.54, 1.807) is 11.8 Å². The minimum Gasteiger partial charge on any atom is -0.192 e. The molecule has 0 amide bonds. The zero-order valence-corrected chi connectivity index (χ0v) is 9.78. The second kappa shape index (κ2) is 5.31. The highest BCUT2D eigenvalue weighted by molar-refractivity contribution is 9.10. The van der Waals surface area contributed by atoms with Crippen LogP contribution in [0, 0.1) is 11.3 Å². The van der Waals surface area contributed by atoms with Crippen molar-refractivity contribution in [3.63, 3.8) is 0 Å². The number of hydrogen-bond donors (Lipinski definition) is 0. The summed E-state index contributed by atoms with van der Waals surface area (Å²) in [5.41, 5.74) is 0.716. The van der Waals surface area contributed by atoms with Crippen LogP contribution in [0.1, 0.15) is 18.9 Å². The topological polar surface area (TPSA) is 23.8 Å². The Kier molecular flexibility index (Phi) is 4.34. The van der Waals surface area contributed by atoms with E-state index in [-0.39, 0.29) is 0 Å². The van der Waals surface area contributed by atoms with Gasteiger partial charge in [-0.3, -0.25) is 0 Å². The van der Waals surface area contributed by atoms with Crippen LogP contribution in [-0.4, -0.2) is 5.75 Å². The molecule has 3 heteroatoms. The van der Waals surface area contributed by atoms with Crippen LogP contribution < -0.4 is 0 Å². The zero-order chi connectivity index (χ0) is 9.68. The average molecular weight is 256 g/mol. The SMILES string of the molecule is CCCSc1cc(Br)cc(C#N)c1. The lowest BCUT2D eigenvalue weighted by Crippen LogP contribution is -1.80.